The molecule has 2 heterocycles. The van der Waals surface area contributed by atoms with Gasteiger partial charge in [0.15, 0.2) is 6.10 Å². The van der Waals surface area contributed by atoms with Gasteiger partial charge in [0.2, 0.25) is 0 Å². The molecule has 0 saturated heterocycles. The smallest absolute Gasteiger partial charge is 0.333 e. The molecule has 1 atom stereocenters. The molecule has 1 aliphatic carbocycles. The highest BCUT2D eigenvalue weighted by Crippen LogP contribution is 2.36. The monoisotopic (exact) mass is 390 g/mol. The molecule has 1 aromatic carbocycles. The molecule has 2 N–H and O–H groups in total. The lowest BCUT2D eigenvalue weighted by Gasteiger charge is -2.11. The topological polar surface area (TPSA) is 84.4 Å². The van der Waals surface area contributed by atoms with Gasteiger partial charge in [0.1, 0.15) is 5.75 Å². The van der Waals surface area contributed by atoms with Crippen molar-refractivity contribution in [3.63, 3.8) is 0 Å². The van der Waals surface area contributed by atoms with Crippen LogP contribution in [0.25, 0.3) is 22.2 Å². The number of hydrogen-bond acceptors (Lipinski definition) is 4. The van der Waals surface area contributed by atoms with Gasteiger partial charge in [0.25, 0.3) is 0 Å². The summed E-state index contributed by atoms with van der Waals surface area (Å²) in [6.07, 6.45) is 3.94. The molecule has 4 rings (SSSR count). The van der Waals surface area contributed by atoms with Crippen LogP contribution in [0.5, 0.6) is 5.75 Å². The van der Waals surface area contributed by atoms with E-state index in [4.69, 9.17) is 14.6 Å². The fraction of sp³-hybridized carbons (Fsp3) is 0.217. The van der Waals surface area contributed by atoms with E-state index in [0.29, 0.717) is 13.0 Å². The normalized spacial score (nSPS) is 12.3. The number of ether oxygens (including phenoxy) is 2. The first kappa shape index (κ1) is 19.0. The molecule has 2 aromatic rings. The first-order chi connectivity index (χ1) is 14.2. The fourth-order valence-corrected chi connectivity index (χ4v) is 3.61. The van der Waals surface area contributed by atoms with Gasteiger partial charge in [-0.2, -0.15) is 0 Å². The van der Waals surface area contributed by atoms with Crippen LogP contribution < -0.4 is 4.74 Å². The molecule has 0 fully saturated rings. The molecule has 0 saturated carbocycles. The lowest BCUT2D eigenvalue weighted by atomic mass is 10.1. The molecule has 0 radical (unpaired) electrons. The predicted octanol–water partition coefficient (Wildman–Crippen LogP) is 3.93. The van der Waals surface area contributed by atoms with E-state index in [1.807, 2.05) is 48.8 Å². The van der Waals surface area contributed by atoms with Gasteiger partial charge in [-0.05, 0) is 29.8 Å². The summed E-state index contributed by atoms with van der Waals surface area (Å²) in [7, 11) is 1.40. The number of nitrogens with zero attached hydrogens (tertiary/aromatic N) is 1. The summed E-state index contributed by atoms with van der Waals surface area (Å²) >= 11 is 0. The van der Waals surface area contributed by atoms with Crippen LogP contribution in [-0.4, -0.2) is 40.9 Å². The van der Waals surface area contributed by atoms with Gasteiger partial charge >= 0.3 is 5.97 Å². The maximum atomic E-state index is 11.1. The van der Waals surface area contributed by atoms with Crippen molar-refractivity contribution < 1.29 is 19.4 Å². The number of carboxylic acids is 1. The van der Waals surface area contributed by atoms with Gasteiger partial charge in [-0.1, -0.05) is 24.3 Å². The molecule has 2 aliphatic rings. The Balaban J connectivity index is 1.44. The zero-order valence-corrected chi connectivity index (χ0v) is 16.1. The first-order valence-corrected chi connectivity index (χ1v) is 9.47. The van der Waals surface area contributed by atoms with Crippen LogP contribution in [0.4, 0.5) is 0 Å². The summed E-state index contributed by atoms with van der Waals surface area (Å²) < 4.78 is 10.9. The number of aromatic nitrogens is 2. The van der Waals surface area contributed by atoms with Crippen molar-refractivity contribution in [2.45, 2.75) is 18.9 Å². The van der Waals surface area contributed by atoms with E-state index >= 15 is 0 Å². The number of nitrogens with one attached hydrogen (secondary N) is 1. The maximum absolute atomic E-state index is 11.1. The van der Waals surface area contributed by atoms with Gasteiger partial charge < -0.3 is 19.6 Å². The van der Waals surface area contributed by atoms with E-state index in [9.17, 15) is 4.79 Å². The average molecular weight is 390 g/mol. The number of methoxy groups -OCH3 is 1. The van der Waals surface area contributed by atoms with E-state index < -0.39 is 12.1 Å². The molecule has 0 amide bonds. The van der Waals surface area contributed by atoms with Crippen molar-refractivity contribution in [2.75, 3.05) is 13.7 Å². The quantitative estimate of drug-likeness (QED) is 0.476. The van der Waals surface area contributed by atoms with Crippen molar-refractivity contribution in [3.05, 3.63) is 72.1 Å². The number of H-pyrrole nitrogens is 1. The highest BCUT2D eigenvalue weighted by molar-refractivity contribution is 6.02. The molecule has 0 spiro atoms. The third-order valence-corrected chi connectivity index (χ3v) is 5.07. The SMILES string of the molecule is COC(Cc1ccc(OCCc2c3[nH]cccc-3c3cccnc23)cc1)C(=O)O. The Hall–Kier alpha value is -3.38. The highest BCUT2D eigenvalue weighted by Gasteiger charge is 2.19. The Morgan fingerprint density at radius 2 is 2.00 bits per heavy atom. The minimum Gasteiger partial charge on any atom is -0.493 e. The summed E-state index contributed by atoms with van der Waals surface area (Å²) in [5.41, 5.74) is 5.30. The van der Waals surface area contributed by atoms with Crippen LogP contribution in [0.15, 0.2) is 60.9 Å². The zero-order valence-electron chi connectivity index (χ0n) is 16.1. The lowest BCUT2D eigenvalue weighted by molar-refractivity contribution is -0.148. The number of hydrogen-bond donors (Lipinski definition) is 2. The summed E-state index contributed by atoms with van der Waals surface area (Å²) in [5, 5.41) is 10.2. The minimum atomic E-state index is -0.965. The summed E-state index contributed by atoms with van der Waals surface area (Å²) in [5.74, 6) is -0.220. The molecular formula is C23H22N2O4. The number of pyridine rings is 2. The number of benzene rings is 1. The highest BCUT2D eigenvalue weighted by atomic mass is 16.5. The molecule has 6 nitrogen and oxygen atoms in total. The van der Waals surface area contributed by atoms with Crippen LogP contribution in [0.2, 0.25) is 0 Å². The molecule has 1 aromatic heterocycles. The average Bonchev–Trinajstić information content (AvgIpc) is 3.07. The molecule has 6 heteroatoms. The van der Waals surface area contributed by atoms with Crippen LogP contribution >= 0.6 is 0 Å². The largest absolute Gasteiger partial charge is 0.493 e. The summed E-state index contributed by atoms with van der Waals surface area (Å²) in [4.78, 5) is 19.0. The standard InChI is InChI=1S/C23H22N2O4/c1-28-20(23(26)27)14-15-6-8-16(9-7-15)29-13-10-19-21-17(4-2-11-24-21)18-5-3-12-25-22(18)19/h2-9,11-12,20,24H,10,13-14H2,1H3,(H,26,27). The maximum Gasteiger partial charge on any atom is 0.333 e. The Morgan fingerprint density at radius 1 is 1.17 bits per heavy atom. The number of carbonyl (C=O) groups is 1. The number of rotatable bonds is 8. The van der Waals surface area contributed by atoms with E-state index in [2.05, 4.69) is 22.1 Å². The lowest BCUT2D eigenvalue weighted by Crippen LogP contribution is -2.24. The van der Waals surface area contributed by atoms with Crippen molar-refractivity contribution in [1.29, 1.82) is 0 Å². The molecule has 1 unspecified atom stereocenters. The molecule has 1 aliphatic heterocycles. The number of aliphatic carboxylic acids is 1. The molecule has 0 bridgehead atoms. The van der Waals surface area contributed by atoms with Gasteiger partial charge in [0, 0.05) is 48.9 Å². The molecule has 148 valence electrons. The van der Waals surface area contributed by atoms with Crippen molar-refractivity contribution >= 4 is 16.9 Å². The van der Waals surface area contributed by atoms with Crippen molar-refractivity contribution in [3.8, 4) is 17.0 Å². The van der Waals surface area contributed by atoms with Gasteiger partial charge in [-0.15, -0.1) is 0 Å². The second kappa shape index (κ2) is 8.32. The van der Waals surface area contributed by atoms with Gasteiger partial charge in [-0.25, -0.2) is 4.79 Å². The molecule has 29 heavy (non-hydrogen) atoms. The van der Waals surface area contributed by atoms with E-state index in [-0.39, 0.29) is 0 Å². The number of carboxylic acid groups (broad SMARTS) is 1. The Morgan fingerprint density at radius 3 is 2.76 bits per heavy atom. The predicted molar refractivity (Wildman–Crippen MR) is 110 cm³/mol. The third kappa shape index (κ3) is 3.93. The van der Waals surface area contributed by atoms with Crippen LogP contribution in [0.3, 0.4) is 0 Å². The second-order valence-corrected chi connectivity index (χ2v) is 6.85. The zero-order chi connectivity index (χ0) is 20.2. The Kier molecular flexibility index (Phi) is 5.44. The molecular weight excluding hydrogens is 368 g/mol. The van der Waals surface area contributed by atoms with Crippen LogP contribution in [0.1, 0.15) is 11.1 Å². The van der Waals surface area contributed by atoms with Crippen LogP contribution in [0, 0.1) is 0 Å². The minimum absolute atomic E-state index is 0.319. The number of aromatic amines is 1. The van der Waals surface area contributed by atoms with E-state index in [1.54, 1.807) is 0 Å². The summed E-state index contributed by atoms with van der Waals surface area (Å²) in [6, 6.07) is 15.6. The fourth-order valence-electron chi connectivity index (χ4n) is 3.61. The van der Waals surface area contributed by atoms with Crippen molar-refractivity contribution in [1.82, 2.24) is 9.97 Å². The van der Waals surface area contributed by atoms with E-state index in [0.717, 1.165) is 39.9 Å². The van der Waals surface area contributed by atoms with Gasteiger partial charge in [0.05, 0.1) is 17.8 Å². The Labute approximate surface area is 168 Å². The van der Waals surface area contributed by atoms with Crippen LogP contribution in [-0.2, 0) is 22.4 Å². The van der Waals surface area contributed by atoms with Gasteiger partial charge in [-0.3, -0.25) is 4.98 Å². The third-order valence-electron chi connectivity index (χ3n) is 5.07. The number of fused-ring (bicyclic) bond motifs is 3. The second-order valence-electron chi connectivity index (χ2n) is 6.85. The van der Waals surface area contributed by atoms with E-state index in [1.165, 1.54) is 12.7 Å². The first-order valence-electron chi connectivity index (χ1n) is 9.47. The Bertz CT molecular complexity index is 1090. The van der Waals surface area contributed by atoms with Crippen molar-refractivity contribution in [2.24, 2.45) is 0 Å². The summed E-state index contributed by atoms with van der Waals surface area (Å²) in [6.45, 7) is 0.517.